The number of carboxylic acid groups (broad SMARTS) is 1. The van der Waals surface area contributed by atoms with Gasteiger partial charge in [0.15, 0.2) is 0 Å². The number of esters is 1. The van der Waals surface area contributed by atoms with Crippen LogP contribution in [0.1, 0.15) is 35.1 Å². The molecular formula is C27H18NO6-. The molecule has 3 aromatic carbocycles. The van der Waals surface area contributed by atoms with E-state index in [1.807, 2.05) is 24.3 Å². The number of benzene rings is 3. The van der Waals surface area contributed by atoms with Crippen LogP contribution in [0.25, 0.3) is 0 Å². The molecule has 2 bridgehead atoms. The average molecular weight is 452 g/mol. The van der Waals surface area contributed by atoms with Gasteiger partial charge in [-0.25, -0.2) is 4.90 Å². The van der Waals surface area contributed by atoms with Crippen LogP contribution >= 0.6 is 0 Å². The number of imide groups is 1. The van der Waals surface area contributed by atoms with Crippen molar-refractivity contribution in [2.75, 3.05) is 4.90 Å². The molecule has 34 heavy (non-hydrogen) atoms. The van der Waals surface area contributed by atoms with Gasteiger partial charge >= 0.3 is 5.97 Å². The molecule has 7 heteroatoms. The largest absolute Gasteiger partial charge is 0.549 e. The van der Waals surface area contributed by atoms with Gasteiger partial charge in [0.25, 0.3) is 0 Å². The number of hydrogen-bond acceptors (Lipinski definition) is 6. The first-order chi connectivity index (χ1) is 16.4. The van der Waals surface area contributed by atoms with Crippen molar-refractivity contribution in [3.63, 3.8) is 0 Å². The Bertz CT molecular complexity index is 1360. The first-order valence-corrected chi connectivity index (χ1v) is 10.9. The highest BCUT2D eigenvalue weighted by Gasteiger charge is 2.68. The number of anilines is 1. The number of hydrogen-bond donors (Lipinski definition) is 0. The predicted molar refractivity (Wildman–Crippen MR) is 118 cm³/mol. The molecule has 0 saturated carbocycles. The molecule has 168 valence electrons. The lowest BCUT2D eigenvalue weighted by atomic mass is 9.47. The van der Waals surface area contributed by atoms with Crippen LogP contribution in [-0.2, 0) is 24.6 Å². The Kier molecular flexibility index (Phi) is 4.11. The number of ether oxygens (including phenoxy) is 1. The summed E-state index contributed by atoms with van der Waals surface area (Å²) in [5.74, 6) is -5.08. The van der Waals surface area contributed by atoms with Gasteiger partial charge in [-0.05, 0) is 46.5 Å². The van der Waals surface area contributed by atoms with Crippen molar-refractivity contribution in [3.05, 3.63) is 95.1 Å². The number of nitrogens with zero attached hydrogens (tertiary/aromatic N) is 1. The van der Waals surface area contributed by atoms with Crippen LogP contribution in [0.5, 0.6) is 5.75 Å². The molecule has 4 aliphatic rings. The number of carbonyl (C=O) groups is 4. The fourth-order valence-electron chi connectivity index (χ4n) is 6.20. The molecule has 3 aliphatic carbocycles. The molecule has 1 saturated heterocycles. The summed E-state index contributed by atoms with van der Waals surface area (Å²) in [5.41, 5.74) is 1.01. The van der Waals surface area contributed by atoms with Crippen LogP contribution in [0, 0.1) is 11.8 Å². The summed E-state index contributed by atoms with van der Waals surface area (Å²) in [6, 6.07) is 20.2. The minimum absolute atomic E-state index is 0.277. The average Bonchev–Trinajstić information content (AvgIpc) is 3.10. The van der Waals surface area contributed by atoms with Crippen molar-refractivity contribution in [2.45, 2.75) is 18.3 Å². The quantitative estimate of drug-likeness (QED) is 0.342. The molecule has 7 nitrogen and oxygen atoms in total. The summed E-state index contributed by atoms with van der Waals surface area (Å²) < 4.78 is 5.04. The van der Waals surface area contributed by atoms with E-state index < -0.39 is 46.9 Å². The van der Waals surface area contributed by atoms with Crippen molar-refractivity contribution >= 4 is 29.4 Å². The number of carbonyl (C=O) groups excluding carboxylic acids is 4. The van der Waals surface area contributed by atoms with Crippen LogP contribution in [0.2, 0.25) is 0 Å². The van der Waals surface area contributed by atoms with E-state index in [9.17, 15) is 24.3 Å². The van der Waals surface area contributed by atoms with E-state index >= 15 is 0 Å². The summed E-state index contributed by atoms with van der Waals surface area (Å²) in [6.07, 6.45) is 0. The van der Waals surface area contributed by atoms with Gasteiger partial charge in [0, 0.05) is 12.8 Å². The summed E-state index contributed by atoms with van der Waals surface area (Å²) in [6.45, 7) is 1.27. The predicted octanol–water partition coefficient (Wildman–Crippen LogP) is 1.91. The maximum atomic E-state index is 13.9. The lowest BCUT2D eigenvalue weighted by Crippen LogP contribution is -2.61. The zero-order valence-electron chi connectivity index (χ0n) is 18.1. The summed E-state index contributed by atoms with van der Waals surface area (Å²) in [7, 11) is 0. The second-order valence-electron chi connectivity index (χ2n) is 8.85. The highest BCUT2D eigenvalue weighted by atomic mass is 16.5. The Hall–Kier alpha value is -4.26. The van der Waals surface area contributed by atoms with E-state index in [0.29, 0.717) is 16.8 Å². The molecule has 1 aliphatic heterocycles. The Morgan fingerprint density at radius 3 is 1.94 bits per heavy atom. The van der Waals surface area contributed by atoms with Crippen LogP contribution in [0.4, 0.5) is 5.69 Å². The Morgan fingerprint density at radius 1 is 0.853 bits per heavy atom. The monoisotopic (exact) mass is 452 g/mol. The molecule has 2 atom stereocenters. The van der Waals surface area contributed by atoms with E-state index in [0.717, 1.165) is 16.0 Å². The van der Waals surface area contributed by atoms with Gasteiger partial charge in [-0.15, -0.1) is 0 Å². The molecule has 2 unspecified atom stereocenters. The number of amides is 2. The fraction of sp³-hybridized carbons (Fsp3) is 0.185. The lowest BCUT2D eigenvalue weighted by Gasteiger charge is -2.54. The first-order valence-electron chi connectivity index (χ1n) is 10.9. The Labute approximate surface area is 194 Å². The third-order valence-corrected chi connectivity index (χ3v) is 7.30. The standard InChI is InChI=1S/C27H19NO6/c1-14(29)34-16-12-10-15(11-13-16)28-24(30)22-21-17-6-2-4-8-19(17)27(26(32)33,23(22)25(28)31)20-9-5-3-7-18(20)21/h2-13,21-23H,1H3,(H,32,33)/p-1. The van der Waals surface area contributed by atoms with Gasteiger partial charge in [0.1, 0.15) is 5.75 Å². The third-order valence-electron chi connectivity index (χ3n) is 7.30. The topological polar surface area (TPSA) is 104 Å². The SMILES string of the molecule is CC(=O)Oc1ccc(N2C(=O)C3C4c5ccccc5C(C(=O)[O-])(c5ccccc54)C3C2=O)cc1. The van der Waals surface area contributed by atoms with E-state index in [4.69, 9.17) is 4.74 Å². The molecule has 0 spiro atoms. The fourth-order valence-corrected chi connectivity index (χ4v) is 6.20. The second-order valence-corrected chi connectivity index (χ2v) is 8.85. The van der Waals surface area contributed by atoms with E-state index in [-0.39, 0.29) is 5.75 Å². The summed E-state index contributed by atoms with van der Waals surface area (Å²) in [4.78, 5) is 52.9. The van der Waals surface area contributed by atoms with Gasteiger partial charge in [-0.3, -0.25) is 14.4 Å². The Balaban J connectivity index is 1.56. The van der Waals surface area contributed by atoms with Crippen molar-refractivity contribution in [2.24, 2.45) is 11.8 Å². The molecule has 0 N–H and O–H groups in total. The van der Waals surface area contributed by atoms with Crippen LogP contribution in [0.15, 0.2) is 72.8 Å². The maximum absolute atomic E-state index is 13.9. The molecule has 0 radical (unpaired) electrons. The van der Waals surface area contributed by atoms with Gasteiger partial charge in [0.05, 0.1) is 28.9 Å². The summed E-state index contributed by atoms with van der Waals surface area (Å²) >= 11 is 0. The van der Waals surface area contributed by atoms with Crippen molar-refractivity contribution < 1.29 is 29.0 Å². The van der Waals surface area contributed by atoms with Gasteiger partial charge < -0.3 is 14.6 Å². The molecular weight excluding hydrogens is 434 g/mol. The Morgan fingerprint density at radius 2 is 1.41 bits per heavy atom. The zero-order chi connectivity index (χ0) is 23.8. The number of aliphatic carboxylic acids is 1. The van der Waals surface area contributed by atoms with Gasteiger partial charge in [0.2, 0.25) is 11.8 Å². The molecule has 1 fully saturated rings. The van der Waals surface area contributed by atoms with Crippen molar-refractivity contribution in [1.29, 1.82) is 0 Å². The number of rotatable bonds is 3. The third kappa shape index (κ3) is 2.36. The highest BCUT2D eigenvalue weighted by Crippen LogP contribution is 2.64. The minimum Gasteiger partial charge on any atom is -0.549 e. The van der Waals surface area contributed by atoms with E-state index in [1.54, 1.807) is 24.3 Å². The maximum Gasteiger partial charge on any atom is 0.308 e. The van der Waals surface area contributed by atoms with Gasteiger partial charge in [-0.1, -0.05) is 48.5 Å². The number of carboxylic acids is 1. The molecule has 7 rings (SSSR count). The van der Waals surface area contributed by atoms with Crippen LogP contribution in [0.3, 0.4) is 0 Å². The van der Waals surface area contributed by atoms with Crippen molar-refractivity contribution in [1.82, 2.24) is 0 Å². The normalized spacial score (nSPS) is 26.0. The van der Waals surface area contributed by atoms with Gasteiger partial charge in [-0.2, -0.15) is 0 Å². The van der Waals surface area contributed by atoms with Crippen LogP contribution < -0.4 is 14.7 Å². The molecule has 0 aromatic heterocycles. The molecule has 1 heterocycles. The molecule has 2 amide bonds. The van der Waals surface area contributed by atoms with Crippen molar-refractivity contribution in [3.8, 4) is 5.75 Å². The highest BCUT2D eigenvalue weighted by molar-refractivity contribution is 6.25. The second kappa shape index (κ2) is 6.87. The van der Waals surface area contributed by atoms with Crippen LogP contribution in [-0.4, -0.2) is 23.8 Å². The summed E-state index contributed by atoms with van der Waals surface area (Å²) in [5, 5.41) is 13.0. The van der Waals surface area contributed by atoms with E-state index in [1.165, 1.54) is 31.2 Å². The zero-order valence-corrected chi connectivity index (χ0v) is 18.1. The lowest BCUT2D eigenvalue weighted by molar-refractivity contribution is -0.314. The van der Waals surface area contributed by atoms with E-state index in [2.05, 4.69) is 0 Å². The minimum atomic E-state index is -1.77. The molecule has 3 aromatic rings. The first kappa shape index (κ1) is 20.4. The smallest absolute Gasteiger partial charge is 0.308 e.